The van der Waals surface area contributed by atoms with Crippen LogP contribution in [0.4, 0.5) is 11.4 Å². The first-order chi connectivity index (χ1) is 15.8. The molecule has 33 heavy (non-hydrogen) atoms. The van der Waals surface area contributed by atoms with Gasteiger partial charge in [0.15, 0.2) is 5.11 Å². The quantitative estimate of drug-likeness (QED) is 0.188. The molecule has 2 heterocycles. The Bertz CT molecular complexity index is 1330. The SMILES string of the molecule is COc1cc([N+](=O)[O-])ccc1-c1ccc(/C=C2\C(=O)NC(=S)N(c3ccc(Cl)cc3)C2=O)o1. The number of nitrogens with one attached hydrogen (secondary N) is 1. The van der Waals surface area contributed by atoms with Gasteiger partial charge in [-0.05, 0) is 60.8 Å². The summed E-state index contributed by atoms with van der Waals surface area (Å²) < 4.78 is 11.0. The number of thiocarbonyl (C=S) groups is 1. The van der Waals surface area contributed by atoms with Gasteiger partial charge >= 0.3 is 0 Å². The number of ether oxygens (including phenoxy) is 1. The Morgan fingerprint density at radius 3 is 2.55 bits per heavy atom. The number of hydrogen-bond donors (Lipinski definition) is 1. The van der Waals surface area contributed by atoms with Crippen LogP contribution in [-0.4, -0.2) is 29.0 Å². The zero-order valence-corrected chi connectivity index (χ0v) is 18.5. The van der Waals surface area contributed by atoms with Crippen molar-refractivity contribution in [3.8, 4) is 17.1 Å². The number of carbonyl (C=O) groups excluding carboxylic acids is 2. The molecule has 0 spiro atoms. The van der Waals surface area contributed by atoms with E-state index in [0.717, 1.165) is 0 Å². The summed E-state index contributed by atoms with van der Waals surface area (Å²) in [5, 5.41) is 13.9. The summed E-state index contributed by atoms with van der Waals surface area (Å²) in [4.78, 5) is 37.2. The van der Waals surface area contributed by atoms with Gasteiger partial charge in [0.2, 0.25) is 0 Å². The van der Waals surface area contributed by atoms with Crippen molar-refractivity contribution in [3.63, 3.8) is 0 Å². The predicted molar refractivity (Wildman–Crippen MR) is 125 cm³/mol. The van der Waals surface area contributed by atoms with Crippen LogP contribution < -0.4 is 15.0 Å². The Kier molecular flexibility index (Phi) is 5.95. The molecule has 9 nitrogen and oxygen atoms in total. The van der Waals surface area contributed by atoms with E-state index < -0.39 is 16.7 Å². The van der Waals surface area contributed by atoms with E-state index in [4.69, 9.17) is 33.0 Å². The van der Waals surface area contributed by atoms with Crippen LogP contribution >= 0.6 is 23.8 Å². The lowest BCUT2D eigenvalue weighted by Gasteiger charge is -2.28. The molecule has 0 aliphatic carbocycles. The molecule has 2 aromatic carbocycles. The minimum Gasteiger partial charge on any atom is -0.496 e. The summed E-state index contributed by atoms with van der Waals surface area (Å²) in [5.41, 5.74) is 0.592. The molecule has 11 heteroatoms. The summed E-state index contributed by atoms with van der Waals surface area (Å²) in [6.07, 6.45) is 1.30. The molecule has 166 valence electrons. The van der Waals surface area contributed by atoms with Gasteiger partial charge in [-0.25, -0.2) is 0 Å². The number of rotatable bonds is 5. The number of furan rings is 1. The van der Waals surface area contributed by atoms with Crippen LogP contribution in [0.5, 0.6) is 5.75 Å². The van der Waals surface area contributed by atoms with Gasteiger partial charge in [-0.1, -0.05) is 11.6 Å². The molecule has 0 unspecified atom stereocenters. The van der Waals surface area contributed by atoms with Crippen molar-refractivity contribution in [2.45, 2.75) is 0 Å². The van der Waals surface area contributed by atoms with E-state index in [-0.39, 0.29) is 27.9 Å². The fourth-order valence-corrected chi connectivity index (χ4v) is 3.60. The number of anilines is 1. The zero-order valence-electron chi connectivity index (χ0n) is 16.9. The van der Waals surface area contributed by atoms with Gasteiger partial charge in [0.1, 0.15) is 22.8 Å². The monoisotopic (exact) mass is 483 g/mol. The summed E-state index contributed by atoms with van der Waals surface area (Å²) in [7, 11) is 1.38. The Morgan fingerprint density at radius 2 is 1.88 bits per heavy atom. The number of nitro benzene ring substituents is 1. The molecule has 4 rings (SSSR count). The number of non-ortho nitro benzene ring substituents is 1. The lowest BCUT2D eigenvalue weighted by atomic mass is 10.1. The maximum absolute atomic E-state index is 13.1. The number of halogens is 1. The minimum absolute atomic E-state index is 0.0553. The van der Waals surface area contributed by atoms with E-state index >= 15 is 0 Å². The van der Waals surface area contributed by atoms with Crippen molar-refractivity contribution in [2.75, 3.05) is 12.0 Å². The van der Waals surface area contributed by atoms with Gasteiger partial charge in [0, 0.05) is 11.1 Å². The summed E-state index contributed by atoms with van der Waals surface area (Å²) in [5.74, 6) is -0.503. The number of carbonyl (C=O) groups is 2. The van der Waals surface area contributed by atoms with E-state index in [1.807, 2.05) is 0 Å². The maximum Gasteiger partial charge on any atom is 0.273 e. The number of nitrogens with zero attached hydrogens (tertiary/aromatic N) is 2. The first kappa shape index (κ1) is 22.2. The minimum atomic E-state index is -0.666. The molecule has 0 radical (unpaired) electrons. The van der Waals surface area contributed by atoms with Gasteiger partial charge in [0.25, 0.3) is 17.5 Å². The Hall–Kier alpha value is -4.02. The molecule has 1 N–H and O–H groups in total. The third-order valence-corrected chi connectivity index (χ3v) is 5.30. The summed E-state index contributed by atoms with van der Waals surface area (Å²) in [6.45, 7) is 0. The predicted octanol–water partition coefficient (Wildman–Crippen LogP) is 4.35. The smallest absolute Gasteiger partial charge is 0.273 e. The normalized spacial score (nSPS) is 15.0. The van der Waals surface area contributed by atoms with Crippen LogP contribution in [-0.2, 0) is 9.59 Å². The fraction of sp³-hybridized carbons (Fsp3) is 0.0455. The van der Waals surface area contributed by atoms with Gasteiger partial charge < -0.3 is 9.15 Å². The van der Waals surface area contributed by atoms with E-state index in [1.165, 1.54) is 36.3 Å². The van der Waals surface area contributed by atoms with Crippen LogP contribution in [0.25, 0.3) is 17.4 Å². The topological polar surface area (TPSA) is 115 Å². The Labute approximate surface area is 197 Å². The molecule has 0 saturated carbocycles. The molecule has 2 amide bonds. The highest BCUT2D eigenvalue weighted by molar-refractivity contribution is 7.80. The lowest BCUT2D eigenvalue weighted by molar-refractivity contribution is -0.384. The number of benzene rings is 2. The van der Waals surface area contributed by atoms with Crippen molar-refractivity contribution in [1.82, 2.24) is 5.32 Å². The molecular formula is C22H14ClN3O6S. The third-order valence-electron chi connectivity index (χ3n) is 4.76. The fourth-order valence-electron chi connectivity index (χ4n) is 3.20. The van der Waals surface area contributed by atoms with Crippen molar-refractivity contribution in [1.29, 1.82) is 0 Å². The Balaban J connectivity index is 1.67. The first-order valence-corrected chi connectivity index (χ1v) is 10.2. The summed E-state index contributed by atoms with van der Waals surface area (Å²) >= 11 is 11.1. The van der Waals surface area contributed by atoms with Crippen LogP contribution in [0, 0.1) is 10.1 Å². The number of amides is 2. The van der Waals surface area contributed by atoms with Crippen LogP contribution in [0.3, 0.4) is 0 Å². The van der Waals surface area contributed by atoms with Crippen LogP contribution in [0.2, 0.25) is 5.02 Å². The molecule has 0 bridgehead atoms. The highest BCUT2D eigenvalue weighted by Crippen LogP contribution is 2.35. The largest absolute Gasteiger partial charge is 0.496 e. The molecule has 1 aliphatic heterocycles. The average molecular weight is 484 g/mol. The molecule has 1 fully saturated rings. The molecule has 1 aromatic heterocycles. The molecule has 1 saturated heterocycles. The standard InChI is InChI=1S/C22H14ClN3O6S/c1-31-19-10-14(26(29)30)6-8-16(19)18-9-7-15(32-18)11-17-20(27)24-22(33)25(21(17)28)13-4-2-12(23)3-5-13/h2-11H,1H3,(H,24,27,33)/b17-11+. The molecule has 3 aromatic rings. The maximum atomic E-state index is 13.1. The Morgan fingerprint density at radius 1 is 1.15 bits per heavy atom. The third kappa shape index (κ3) is 4.34. The zero-order chi connectivity index (χ0) is 23.7. The van der Waals surface area contributed by atoms with Crippen molar-refractivity contribution in [3.05, 3.63) is 81.1 Å². The van der Waals surface area contributed by atoms with Gasteiger partial charge in [-0.2, -0.15) is 0 Å². The number of nitro groups is 1. The van der Waals surface area contributed by atoms with Crippen molar-refractivity contribution >= 4 is 58.2 Å². The summed E-state index contributed by atoms with van der Waals surface area (Å²) in [6, 6.07) is 13.7. The van der Waals surface area contributed by atoms with E-state index in [2.05, 4.69) is 5.32 Å². The number of hydrogen-bond acceptors (Lipinski definition) is 7. The highest BCUT2D eigenvalue weighted by Gasteiger charge is 2.34. The van der Waals surface area contributed by atoms with Gasteiger partial charge in [-0.3, -0.25) is 29.9 Å². The van der Waals surface area contributed by atoms with Crippen molar-refractivity contribution in [2.24, 2.45) is 0 Å². The van der Waals surface area contributed by atoms with E-state index in [9.17, 15) is 19.7 Å². The van der Waals surface area contributed by atoms with E-state index in [0.29, 0.717) is 22.0 Å². The van der Waals surface area contributed by atoms with Gasteiger partial charge in [-0.15, -0.1) is 0 Å². The lowest BCUT2D eigenvalue weighted by Crippen LogP contribution is -2.54. The highest BCUT2D eigenvalue weighted by atomic mass is 35.5. The van der Waals surface area contributed by atoms with E-state index in [1.54, 1.807) is 36.4 Å². The second kappa shape index (κ2) is 8.85. The van der Waals surface area contributed by atoms with Crippen molar-refractivity contribution < 1.29 is 23.7 Å². The molecular weight excluding hydrogens is 470 g/mol. The van der Waals surface area contributed by atoms with Crippen LogP contribution in [0.15, 0.2) is 64.6 Å². The molecule has 0 atom stereocenters. The second-order valence-electron chi connectivity index (χ2n) is 6.78. The average Bonchev–Trinajstić information content (AvgIpc) is 3.25. The van der Waals surface area contributed by atoms with Crippen LogP contribution in [0.1, 0.15) is 5.76 Å². The second-order valence-corrected chi connectivity index (χ2v) is 7.60. The molecule has 1 aliphatic rings. The van der Waals surface area contributed by atoms with Gasteiger partial charge in [0.05, 0.1) is 29.4 Å². The first-order valence-electron chi connectivity index (χ1n) is 9.38. The number of methoxy groups -OCH3 is 1.